The van der Waals surface area contributed by atoms with Crippen molar-refractivity contribution in [2.75, 3.05) is 13.2 Å². The van der Waals surface area contributed by atoms with Crippen molar-refractivity contribution in [1.29, 1.82) is 0 Å². The summed E-state index contributed by atoms with van der Waals surface area (Å²) in [5.41, 5.74) is 1.58. The first-order valence-corrected chi connectivity index (χ1v) is 7.43. The third kappa shape index (κ3) is 5.65. The molecule has 2 nitrogen and oxygen atoms in total. The minimum atomic E-state index is 0.296. The van der Waals surface area contributed by atoms with Gasteiger partial charge in [0.25, 0.3) is 0 Å². The lowest BCUT2D eigenvalue weighted by Gasteiger charge is -2.28. The predicted molar refractivity (Wildman–Crippen MR) is 82.7 cm³/mol. The highest BCUT2D eigenvalue weighted by Crippen LogP contribution is 2.34. The molecule has 2 heteroatoms. The molecule has 0 saturated carbocycles. The zero-order valence-corrected chi connectivity index (χ0v) is 13.1. The van der Waals surface area contributed by atoms with Crippen molar-refractivity contribution >= 4 is 0 Å². The number of nitrogens with one attached hydrogen (secondary N) is 1. The normalized spacial score (nSPS) is 13.3. The van der Waals surface area contributed by atoms with Gasteiger partial charge in [-0.3, -0.25) is 0 Å². The van der Waals surface area contributed by atoms with E-state index in [2.05, 4.69) is 64.2 Å². The molecule has 19 heavy (non-hydrogen) atoms. The molecule has 1 unspecified atom stereocenters. The van der Waals surface area contributed by atoms with Crippen LogP contribution in [-0.4, -0.2) is 13.2 Å². The van der Waals surface area contributed by atoms with Crippen LogP contribution in [0.4, 0.5) is 0 Å². The summed E-state index contributed by atoms with van der Waals surface area (Å²) in [7, 11) is 0. The Hall–Kier alpha value is -1.02. The zero-order chi connectivity index (χ0) is 14.3. The van der Waals surface area contributed by atoms with Gasteiger partial charge in [0.15, 0.2) is 0 Å². The molecule has 1 aromatic carbocycles. The molecule has 0 aliphatic heterocycles. The predicted octanol–water partition coefficient (Wildman–Crippen LogP) is 4.56. The van der Waals surface area contributed by atoms with Crippen molar-refractivity contribution in [2.45, 2.75) is 53.5 Å². The third-order valence-corrected chi connectivity index (χ3v) is 3.02. The van der Waals surface area contributed by atoms with Crippen LogP contribution >= 0.6 is 0 Å². The summed E-state index contributed by atoms with van der Waals surface area (Å²) in [5.74, 6) is 1.03. The first kappa shape index (κ1) is 16.0. The van der Waals surface area contributed by atoms with Gasteiger partial charge in [-0.15, -0.1) is 0 Å². The molecule has 0 radical (unpaired) electrons. The van der Waals surface area contributed by atoms with Gasteiger partial charge in [0.1, 0.15) is 5.75 Å². The summed E-state index contributed by atoms with van der Waals surface area (Å²) in [4.78, 5) is 0. The van der Waals surface area contributed by atoms with E-state index in [9.17, 15) is 0 Å². The van der Waals surface area contributed by atoms with Gasteiger partial charge >= 0.3 is 0 Å². The number of para-hydroxylation sites is 1. The van der Waals surface area contributed by atoms with Crippen molar-refractivity contribution in [2.24, 2.45) is 5.41 Å². The van der Waals surface area contributed by atoms with Gasteiger partial charge < -0.3 is 10.1 Å². The molecule has 0 aromatic heterocycles. The lowest BCUT2D eigenvalue weighted by molar-refractivity contribution is 0.288. The quantitative estimate of drug-likeness (QED) is 0.778. The second kappa shape index (κ2) is 7.54. The Labute approximate surface area is 118 Å². The number of benzene rings is 1. The topological polar surface area (TPSA) is 21.3 Å². The zero-order valence-electron chi connectivity index (χ0n) is 13.1. The molecular weight excluding hydrogens is 234 g/mol. The molecule has 0 amide bonds. The molecule has 0 heterocycles. The number of hydrogen-bond acceptors (Lipinski definition) is 2. The van der Waals surface area contributed by atoms with E-state index in [0.29, 0.717) is 11.5 Å². The van der Waals surface area contributed by atoms with Gasteiger partial charge in [0.05, 0.1) is 6.61 Å². The van der Waals surface area contributed by atoms with Crippen LogP contribution in [0.25, 0.3) is 0 Å². The van der Waals surface area contributed by atoms with Crippen LogP contribution in [0.2, 0.25) is 0 Å². The summed E-state index contributed by atoms with van der Waals surface area (Å²) < 4.78 is 5.89. The fourth-order valence-electron chi connectivity index (χ4n) is 2.26. The average Bonchev–Trinajstić information content (AvgIpc) is 2.34. The van der Waals surface area contributed by atoms with Gasteiger partial charge in [-0.1, -0.05) is 52.8 Å². The minimum Gasteiger partial charge on any atom is -0.493 e. The maximum Gasteiger partial charge on any atom is 0.124 e. The summed E-state index contributed by atoms with van der Waals surface area (Å²) in [5, 5.41) is 3.59. The number of ether oxygens (including phenoxy) is 1. The van der Waals surface area contributed by atoms with Crippen molar-refractivity contribution in [3.05, 3.63) is 29.8 Å². The molecule has 0 saturated heterocycles. The molecule has 0 bridgehead atoms. The maximum atomic E-state index is 5.89. The first-order chi connectivity index (χ1) is 8.98. The highest BCUT2D eigenvalue weighted by atomic mass is 16.5. The molecule has 0 aliphatic rings. The molecule has 1 aromatic rings. The van der Waals surface area contributed by atoms with Crippen LogP contribution in [0.3, 0.4) is 0 Å². The van der Waals surface area contributed by atoms with Gasteiger partial charge in [0.2, 0.25) is 0 Å². The van der Waals surface area contributed by atoms with Crippen LogP contribution in [0.1, 0.15) is 59.1 Å². The monoisotopic (exact) mass is 263 g/mol. The average molecular weight is 263 g/mol. The van der Waals surface area contributed by atoms with Crippen LogP contribution < -0.4 is 10.1 Å². The van der Waals surface area contributed by atoms with Crippen molar-refractivity contribution in [1.82, 2.24) is 5.32 Å². The molecule has 1 rings (SSSR count). The van der Waals surface area contributed by atoms with Crippen LogP contribution in [0, 0.1) is 5.41 Å². The van der Waals surface area contributed by atoms with Gasteiger partial charge in [-0.2, -0.15) is 0 Å². The Morgan fingerprint density at radius 2 is 1.84 bits per heavy atom. The summed E-state index contributed by atoms with van der Waals surface area (Å²) in [6.07, 6.45) is 2.15. The molecule has 0 spiro atoms. The Kier molecular flexibility index (Phi) is 6.36. The number of rotatable bonds is 7. The summed E-state index contributed by atoms with van der Waals surface area (Å²) in [6.45, 7) is 12.9. The number of hydrogen-bond donors (Lipinski definition) is 1. The lowest BCUT2D eigenvalue weighted by Crippen LogP contribution is -2.26. The van der Waals surface area contributed by atoms with E-state index in [1.807, 2.05) is 0 Å². The molecule has 1 atom stereocenters. The summed E-state index contributed by atoms with van der Waals surface area (Å²) >= 11 is 0. The SMILES string of the molecule is CCCOc1ccccc1C(CC(C)(C)C)NCC. The van der Waals surface area contributed by atoms with Gasteiger partial charge in [-0.05, 0) is 30.9 Å². The first-order valence-electron chi connectivity index (χ1n) is 7.43. The second-order valence-electron chi connectivity index (χ2n) is 6.26. The van der Waals surface area contributed by atoms with E-state index >= 15 is 0 Å². The van der Waals surface area contributed by atoms with Crippen LogP contribution in [0.5, 0.6) is 5.75 Å². The maximum absolute atomic E-state index is 5.89. The Morgan fingerprint density at radius 3 is 2.42 bits per heavy atom. The highest BCUT2D eigenvalue weighted by Gasteiger charge is 2.21. The molecule has 1 N–H and O–H groups in total. The molecule has 0 aliphatic carbocycles. The van der Waals surface area contributed by atoms with E-state index < -0.39 is 0 Å². The summed E-state index contributed by atoms with van der Waals surface area (Å²) in [6, 6.07) is 8.77. The Bertz CT molecular complexity index is 368. The fraction of sp³-hybridized carbons (Fsp3) is 0.647. The fourth-order valence-corrected chi connectivity index (χ4v) is 2.26. The highest BCUT2D eigenvalue weighted by molar-refractivity contribution is 5.36. The van der Waals surface area contributed by atoms with Gasteiger partial charge in [0, 0.05) is 11.6 Å². The van der Waals surface area contributed by atoms with E-state index in [-0.39, 0.29) is 0 Å². The molecule has 108 valence electrons. The second-order valence-corrected chi connectivity index (χ2v) is 6.26. The Morgan fingerprint density at radius 1 is 1.16 bits per heavy atom. The molecular formula is C17H29NO. The largest absolute Gasteiger partial charge is 0.493 e. The van der Waals surface area contributed by atoms with Crippen LogP contribution in [0.15, 0.2) is 24.3 Å². The lowest BCUT2D eigenvalue weighted by atomic mass is 9.85. The van der Waals surface area contributed by atoms with Crippen LogP contribution in [-0.2, 0) is 0 Å². The van der Waals surface area contributed by atoms with Crippen molar-refractivity contribution in [3.8, 4) is 5.75 Å². The smallest absolute Gasteiger partial charge is 0.124 e. The van der Waals surface area contributed by atoms with Crippen molar-refractivity contribution < 1.29 is 4.74 Å². The Balaban J connectivity index is 2.94. The standard InChI is InChI=1S/C17H29NO/c1-6-12-19-16-11-9-8-10-14(16)15(18-7-2)13-17(3,4)5/h8-11,15,18H,6-7,12-13H2,1-5H3. The van der Waals surface area contributed by atoms with E-state index in [4.69, 9.17) is 4.74 Å². The minimum absolute atomic E-state index is 0.296. The van der Waals surface area contributed by atoms with E-state index in [1.165, 1.54) is 5.56 Å². The van der Waals surface area contributed by atoms with Crippen molar-refractivity contribution in [3.63, 3.8) is 0 Å². The van der Waals surface area contributed by atoms with Gasteiger partial charge in [-0.25, -0.2) is 0 Å². The third-order valence-electron chi connectivity index (χ3n) is 3.02. The molecule has 0 fully saturated rings. The van der Waals surface area contributed by atoms with E-state index in [0.717, 1.165) is 31.7 Å². The van der Waals surface area contributed by atoms with E-state index in [1.54, 1.807) is 0 Å².